The lowest BCUT2D eigenvalue weighted by atomic mass is 9.96. The van der Waals surface area contributed by atoms with E-state index in [4.69, 9.17) is 23.7 Å². The van der Waals surface area contributed by atoms with Gasteiger partial charge in [-0.25, -0.2) is 0 Å². The molecule has 0 saturated carbocycles. The number of Topliss-reactive ketones (excluding diaryl/α,β-unsaturated/α-hetero) is 1. The number of phenolic OH excluding ortho intramolecular Hbond substituents is 1. The average Bonchev–Trinajstić information content (AvgIpc) is 2.98. The second kappa shape index (κ2) is 12.3. The fourth-order valence-corrected chi connectivity index (χ4v) is 4.99. The van der Waals surface area contributed by atoms with Gasteiger partial charge in [0.1, 0.15) is 66.4 Å². The Morgan fingerprint density at radius 2 is 1.33 bits per heavy atom. The van der Waals surface area contributed by atoms with Crippen molar-refractivity contribution >= 4 is 5.78 Å². The maximum absolute atomic E-state index is 12.9. The highest BCUT2D eigenvalue weighted by Crippen LogP contribution is 2.40. The van der Waals surface area contributed by atoms with Crippen molar-refractivity contribution in [3.05, 3.63) is 47.5 Å². The minimum Gasteiger partial charge on any atom is -0.504 e. The summed E-state index contributed by atoms with van der Waals surface area (Å²) in [6, 6.07) is 8.35. The summed E-state index contributed by atoms with van der Waals surface area (Å²) in [4.78, 5) is 12.9. The lowest BCUT2D eigenvalue weighted by molar-refractivity contribution is -0.277. The molecular weight excluding hydrogens is 564 g/mol. The zero-order chi connectivity index (χ0) is 30.3. The summed E-state index contributed by atoms with van der Waals surface area (Å²) in [5, 5.41) is 89.6. The number of ketones is 1. The fourth-order valence-electron chi connectivity index (χ4n) is 4.99. The number of hydrogen-bond acceptors (Lipinski definition) is 15. The van der Waals surface area contributed by atoms with E-state index in [1.807, 2.05) is 0 Å². The molecule has 0 radical (unpaired) electrons. The van der Waals surface area contributed by atoms with Crippen LogP contribution in [0.5, 0.6) is 23.0 Å². The summed E-state index contributed by atoms with van der Waals surface area (Å²) >= 11 is 0. The van der Waals surface area contributed by atoms with Gasteiger partial charge in [0.05, 0.1) is 25.2 Å². The van der Waals surface area contributed by atoms with Crippen LogP contribution in [-0.2, 0) is 9.47 Å². The third-order valence-corrected chi connectivity index (χ3v) is 7.44. The lowest BCUT2D eigenvalue weighted by Gasteiger charge is -2.39. The molecule has 42 heavy (non-hydrogen) atoms. The summed E-state index contributed by atoms with van der Waals surface area (Å²) in [5.74, 6) is -0.620. The van der Waals surface area contributed by atoms with Crippen LogP contribution in [0.15, 0.2) is 36.4 Å². The van der Waals surface area contributed by atoms with Gasteiger partial charge >= 0.3 is 0 Å². The predicted molar refractivity (Wildman–Crippen MR) is 136 cm³/mol. The normalized spacial score (nSPS) is 36.6. The highest BCUT2D eigenvalue weighted by molar-refractivity contribution is 6.00. The van der Waals surface area contributed by atoms with Crippen molar-refractivity contribution in [3.8, 4) is 23.0 Å². The maximum atomic E-state index is 12.9. The number of aliphatic hydroxyl groups excluding tert-OH is 8. The Kier molecular flexibility index (Phi) is 8.86. The van der Waals surface area contributed by atoms with Gasteiger partial charge in [-0.1, -0.05) is 6.07 Å². The molecule has 5 rings (SSSR count). The topological polar surface area (TPSA) is 245 Å². The molecule has 0 aromatic heterocycles. The zero-order valence-corrected chi connectivity index (χ0v) is 21.9. The number of fused-ring (bicyclic) bond motifs is 1. The van der Waals surface area contributed by atoms with E-state index < -0.39 is 86.5 Å². The van der Waals surface area contributed by atoms with Gasteiger partial charge in [0, 0.05) is 6.07 Å². The molecule has 3 aliphatic heterocycles. The van der Waals surface area contributed by atoms with Crippen LogP contribution >= 0.6 is 0 Å². The van der Waals surface area contributed by atoms with Crippen LogP contribution in [0.2, 0.25) is 0 Å². The number of hydrogen-bond donors (Lipinski definition) is 9. The molecule has 3 aliphatic rings. The van der Waals surface area contributed by atoms with Crippen LogP contribution in [-0.4, -0.2) is 126 Å². The number of benzene rings is 2. The van der Waals surface area contributed by atoms with E-state index in [0.717, 1.165) is 0 Å². The van der Waals surface area contributed by atoms with E-state index in [0.29, 0.717) is 5.56 Å². The highest BCUT2D eigenvalue weighted by Gasteiger charge is 2.46. The Balaban J connectivity index is 1.30. The third-order valence-electron chi connectivity index (χ3n) is 7.44. The quantitative estimate of drug-likeness (QED) is 0.160. The predicted octanol–water partition coefficient (Wildman–Crippen LogP) is -2.54. The smallest absolute Gasteiger partial charge is 0.229 e. The lowest BCUT2D eigenvalue weighted by Crippen LogP contribution is -2.60. The van der Waals surface area contributed by atoms with Crippen LogP contribution in [0, 0.1) is 0 Å². The molecule has 11 unspecified atom stereocenters. The second-order valence-corrected chi connectivity index (χ2v) is 10.2. The van der Waals surface area contributed by atoms with Crippen LogP contribution in [0.1, 0.15) is 28.4 Å². The highest BCUT2D eigenvalue weighted by atomic mass is 16.7. The molecule has 2 saturated heterocycles. The summed E-state index contributed by atoms with van der Waals surface area (Å²) < 4.78 is 27.8. The fraction of sp³-hybridized carbons (Fsp3) is 0.519. The molecule has 2 aromatic rings. The molecule has 15 heteroatoms. The number of carbonyl (C=O) groups excluding carboxylic acids is 1. The largest absolute Gasteiger partial charge is 0.504 e. The summed E-state index contributed by atoms with van der Waals surface area (Å²) in [5.41, 5.74) is 0.632. The molecule has 15 nitrogen and oxygen atoms in total. The molecule has 0 aliphatic carbocycles. The standard InChI is InChI=1S/C27H32O15/c28-8-18-20(32)22(34)24(36)26(41-18)38-11-2-3-12-13(30)7-16(39-17(12)6-11)10-1-4-15(14(31)5-10)40-27-25(37)23(35)21(33)19(9-29)42-27/h1-6,16,18-29,31-37H,7-9H2. The van der Waals surface area contributed by atoms with E-state index in [9.17, 15) is 50.8 Å². The van der Waals surface area contributed by atoms with Crippen molar-refractivity contribution in [1.29, 1.82) is 0 Å². The molecule has 3 heterocycles. The first-order valence-corrected chi connectivity index (χ1v) is 13.1. The molecule has 9 N–H and O–H groups in total. The van der Waals surface area contributed by atoms with Crippen LogP contribution in [0.4, 0.5) is 0 Å². The number of carbonyl (C=O) groups is 1. The van der Waals surface area contributed by atoms with E-state index in [1.54, 1.807) is 0 Å². The third kappa shape index (κ3) is 5.76. The maximum Gasteiger partial charge on any atom is 0.229 e. The zero-order valence-electron chi connectivity index (χ0n) is 21.9. The van der Waals surface area contributed by atoms with E-state index >= 15 is 0 Å². The molecule has 2 fully saturated rings. The van der Waals surface area contributed by atoms with Gasteiger partial charge in [0.2, 0.25) is 12.6 Å². The average molecular weight is 597 g/mol. The summed E-state index contributed by atoms with van der Waals surface area (Å²) in [6.45, 7) is -1.28. The first kappa shape index (κ1) is 30.4. The summed E-state index contributed by atoms with van der Waals surface area (Å²) in [6.07, 6.45) is -16.0. The van der Waals surface area contributed by atoms with E-state index in [2.05, 4.69) is 0 Å². The van der Waals surface area contributed by atoms with E-state index in [-0.39, 0.29) is 35.0 Å². The van der Waals surface area contributed by atoms with Gasteiger partial charge < -0.3 is 69.6 Å². The van der Waals surface area contributed by atoms with Crippen LogP contribution < -0.4 is 14.2 Å². The van der Waals surface area contributed by atoms with Gasteiger partial charge in [-0.05, 0) is 29.8 Å². The van der Waals surface area contributed by atoms with Crippen molar-refractivity contribution in [2.75, 3.05) is 13.2 Å². The van der Waals surface area contributed by atoms with Gasteiger partial charge in [-0.3, -0.25) is 4.79 Å². The van der Waals surface area contributed by atoms with Crippen molar-refractivity contribution in [3.63, 3.8) is 0 Å². The first-order chi connectivity index (χ1) is 20.0. The minimum absolute atomic E-state index is 0.0771. The molecule has 11 atom stereocenters. The Morgan fingerprint density at radius 1 is 0.738 bits per heavy atom. The van der Waals surface area contributed by atoms with Crippen molar-refractivity contribution < 1.29 is 74.4 Å². The number of ether oxygens (including phenoxy) is 5. The first-order valence-electron chi connectivity index (χ1n) is 13.1. The summed E-state index contributed by atoms with van der Waals surface area (Å²) in [7, 11) is 0. The van der Waals surface area contributed by atoms with Crippen molar-refractivity contribution in [2.24, 2.45) is 0 Å². The molecular formula is C27H32O15. The molecule has 0 bridgehead atoms. The molecule has 0 amide bonds. The monoisotopic (exact) mass is 596 g/mol. The molecule has 2 aromatic carbocycles. The van der Waals surface area contributed by atoms with Gasteiger partial charge in [-0.15, -0.1) is 0 Å². The Hall–Kier alpha value is -3.09. The van der Waals surface area contributed by atoms with Gasteiger partial charge in [-0.2, -0.15) is 0 Å². The Labute approximate surface area is 238 Å². The van der Waals surface area contributed by atoms with Crippen LogP contribution in [0.3, 0.4) is 0 Å². The number of aliphatic hydroxyl groups is 8. The Bertz CT molecular complexity index is 1270. The van der Waals surface area contributed by atoms with E-state index in [1.165, 1.54) is 36.4 Å². The molecule has 230 valence electrons. The second-order valence-electron chi connectivity index (χ2n) is 10.2. The molecule has 0 spiro atoms. The SMILES string of the molecule is O=C1CC(c2ccc(OC3OC(CO)C(O)C(O)C3O)c(O)c2)Oc2cc(OC3OC(CO)C(O)C(O)C3O)ccc21. The number of phenols is 1. The number of aromatic hydroxyl groups is 1. The van der Waals surface area contributed by atoms with Gasteiger partial charge in [0.25, 0.3) is 0 Å². The van der Waals surface area contributed by atoms with Crippen LogP contribution in [0.25, 0.3) is 0 Å². The Morgan fingerprint density at radius 3 is 1.90 bits per heavy atom. The number of rotatable bonds is 7. The van der Waals surface area contributed by atoms with Crippen molar-refractivity contribution in [2.45, 2.75) is 73.9 Å². The van der Waals surface area contributed by atoms with Crippen molar-refractivity contribution in [1.82, 2.24) is 0 Å². The van der Waals surface area contributed by atoms with Gasteiger partial charge in [0.15, 0.2) is 17.3 Å². The minimum atomic E-state index is -1.68.